The molecule has 0 bridgehead atoms. The molecule has 0 amide bonds. The van der Waals surface area contributed by atoms with E-state index in [4.69, 9.17) is 9.16 Å². The Hall–Kier alpha value is -1.31. The molecule has 0 aromatic carbocycles. The number of allylic oxidation sites excluding steroid dienone is 1. The van der Waals surface area contributed by atoms with Gasteiger partial charge in [0.25, 0.3) is 0 Å². The second kappa shape index (κ2) is 13.1. The van der Waals surface area contributed by atoms with Crippen molar-refractivity contribution in [2.24, 2.45) is 11.8 Å². The van der Waals surface area contributed by atoms with Gasteiger partial charge in [-0.15, -0.1) is 0 Å². The van der Waals surface area contributed by atoms with Crippen molar-refractivity contribution >= 4 is 14.3 Å². The molecule has 0 saturated heterocycles. The molecule has 0 spiro atoms. The molecule has 0 N–H and O–H groups in total. The van der Waals surface area contributed by atoms with E-state index in [-0.39, 0.29) is 30.0 Å². The molecule has 3 nitrogen and oxygen atoms in total. The summed E-state index contributed by atoms with van der Waals surface area (Å²) in [5.74, 6) is 6.50. The first kappa shape index (κ1) is 25.7. The number of esters is 1. The largest absolute Gasteiger partial charge is 0.457 e. The van der Waals surface area contributed by atoms with E-state index >= 15 is 0 Å². The van der Waals surface area contributed by atoms with Crippen LogP contribution < -0.4 is 0 Å². The van der Waals surface area contributed by atoms with Gasteiger partial charge in [0.2, 0.25) is 0 Å². The Morgan fingerprint density at radius 3 is 2.55 bits per heavy atom. The summed E-state index contributed by atoms with van der Waals surface area (Å²) >= 11 is 0. The van der Waals surface area contributed by atoms with Crippen molar-refractivity contribution in [3.05, 3.63) is 23.8 Å². The molecule has 164 valence electrons. The molecular formula is C25H42O3Si. The first-order valence-electron chi connectivity index (χ1n) is 11.5. The second-order valence-electron chi connectivity index (χ2n) is 8.49. The standard InChI is InChI=1S/C25H42O3Si/c1-8-29(9-2,10-3)28-23(7)21(5)19-22(6)25-20(4)17-15-13-11-12-14-16-18-24(26)27-25/h15,17,19-21,23,25H,8-10,12,14,16,18H2,1-7H3/b17-15-,22-19+/t20-,21-,23+,25+/m0/s1. The van der Waals surface area contributed by atoms with Crippen LogP contribution in [0.25, 0.3) is 0 Å². The van der Waals surface area contributed by atoms with E-state index in [1.54, 1.807) is 0 Å². The quantitative estimate of drug-likeness (QED) is 0.191. The molecule has 1 aliphatic heterocycles. The van der Waals surface area contributed by atoms with Crippen molar-refractivity contribution < 1.29 is 14.0 Å². The van der Waals surface area contributed by atoms with Crippen LogP contribution in [0.5, 0.6) is 0 Å². The lowest BCUT2D eigenvalue weighted by Crippen LogP contribution is -2.40. The minimum absolute atomic E-state index is 0.0859. The molecule has 4 atom stereocenters. The molecule has 0 aromatic heterocycles. The van der Waals surface area contributed by atoms with Gasteiger partial charge in [-0.05, 0) is 62.4 Å². The zero-order valence-electron chi connectivity index (χ0n) is 19.7. The van der Waals surface area contributed by atoms with Crippen LogP contribution in [-0.4, -0.2) is 26.5 Å². The predicted octanol–water partition coefficient (Wildman–Crippen LogP) is 6.66. The van der Waals surface area contributed by atoms with Crippen molar-refractivity contribution in [1.29, 1.82) is 0 Å². The van der Waals surface area contributed by atoms with Crippen LogP contribution in [0.15, 0.2) is 23.8 Å². The Balaban J connectivity index is 2.98. The van der Waals surface area contributed by atoms with Gasteiger partial charge in [-0.25, -0.2) is 0 Å². The number of carbonyl (C=O) groups is 1. The first-order valence-corrected chi connectivity index (χ1v) is 14.0. The zero-order chi connectivity index (χ0) is 21.9. The van der Waals surface area contributed by atoms with E-state index in [0.717, 1.165) is 43.0 Å². The fraction of sp³-hybridized carbons (Fsp3) is 0.720. The van der Waals surface area contributed by atoms with Crippen LogP contribution in [0.3, 0.4) is 0 Å². The lowest BCUT2D eigenvalue weighted by molar-refractivity contribution is -0.148. The van der Waals surface area contributed by atoms with Crippen LogP contribution in [0, 0.1) is 23.7 Å². The molecule has 1 aliphatic rings. The molecule has 29 heavy (non-hydrogen) atoms. The van der Waals surface area contributed by atoms with Crippen molar-refractivity contribution in [3.8, 4) is 11.8 Å². The van der Waals surface area contributed by atoms with E-state index in [9.17, 15) is 4.79 Å². The Morgan fingerprint density at radius 1 is 1.28 bits per heavy atom. The summed E-state index contributed by atoms with van der Waals surface area (Å²) in [5, 5.41) is 0. The lowest BCUT2D eigenvalue weighted by atomic mass is 9.93. The first-order chi connectivity index (χ1) is 13.8. The van der Waals surface area contributed by atoms with E-state index in [0.29, 0.717) is 6.42 Å². The molecule has 0 unspecified atom stereocenters. The van der Waals surface area contributed by atoms with Crippen LogP contribution in [0.4, 0.5) is 0 Å². The van der Waals surface area contributed by atoms with Crippen molar-refractivity contribution in [3.63, 3.8) is 0 Å². The van der Waals surface area contributed by atoms with Gasteiger partial charge >= 0.3 is 5.97 Å². The van der Waals surface area contributed by atoms with Gasteiger partial charge < -0.3 is 9.16 Å². The highest BCUT2D eigenvalue weighted by Crippen LogP contribution is 2.27. The number of hydrogen-bond acceptors (Lipinski definition) is 3. The third kappa shape index (κ3) is 8.52. The summed E-state index contributed by atoms with van der Waals surface area (Å²) in [4.78, 5) is 12.4. The van der Waals surface area contributed by atoms with Gasteiger partial charge in [-0.3, -0.25) is 4.79 Å². The fourth-order valence-electron chi connectivity index (χ4n) is 3.88. The van der Waals surface area contributed by atoms with Crippen LogP contribution >= 0.6 is 0 Å². The third-order valence-electron chi connectivity index (χ3n) is 6.34. The smallest absolute Gasteiger partial charge is 0.306 e. The average Bonchev–Trinajstić information content (AvgIpc) is 2.70. The van der Waals surface area contributed by atoms with Crippen molar-refractivity contribution in [1.82, 2.24) is 0 Å². The van der Waals surface area contributed by atoms with E-state index in [1.165, 1.54) is 0 Å². The summed E-state index contributed by atoms with van der Waals surface area (Å²) < 4.78 is 12.6. The Morgan fingerprint density at radius 2 is 1.93 bits per heavy atom. The highest BCUT2D eigenvalue weighted by atomic mass is 28.4. The van der Waals surface area contributed by atoms with Gasteiger partial charge in [-0.1, -0.05) is 58.6 Å². The lowest BCUT2D eigenvalue weighted by Gasteiger charge is -2.34. The van der Waals surface area contributed by atoms with E-state index in [2.05, 4.69) is 72.5 Å². The molecule has 0 radical (unpaired) electrons. The summed E-state index contributed by atoms with van der Waals surface area (Å²) in [6.07, 6.45) is 9.18. The molecule has 4 heteroatoms. The molecule has 1 heterocycles. The molecule has 0 fully saturated rings. The van der Waals surface area contributed by atoms with Crippen LogP contribution in [0.2, 0.25) is 18.1 Å². The predicted molar refractivity (Wildman–Crippen MR) is 125 cm³/mol. The number of ether oxygens (including phenoxy) is 1. The molecule has 0 aliphatic carbocycles. The monoisotopic (exact) mass is 418 g/mol. The zero-order valence-corrected chi connectivity index (χ0v) is 20.7. The molecular weight excluding hydrogens is 376 g/mol. The molecule has 0 aromatic rings. The van der Waals surface area contributed by atoms with Gasteiger partial charge in [0.05, 0.1) is 0 Å². The summed E-state index contributed by atoms with van der Waals surface area (Å²) in [5.41, 5.74) is 1.10. The normalized spacial score (nSPS) is 24.9. The number of cyclic esters (lactones) is 1. The van der Waals surface area contributed by atoms with Crippen LogP contribution in [0.1, 0.15) is 74.1 Å². The molecule has 0 saturated carbocycles. The third-order valence-corrected chi connectivity index (χ3v) is 11.1. The van der Waals surface area contributed by atoms with Crippen LogP contribution in [-0.2, 0) is 14.0 Å². The summed E-state index contributed by atoms with van der Waals surface area (Å²) in [7, 11) is -1.64. The van der Waals surface area contributed by atoms with Gasteiger partial charge in [0, 0.05) is 24.9 Å². The van der Waals surface area contributed by atoms with E-state index in [1.807, 2.05) is 6.08 Å². The minimum Gasteiger partial charge on any atom is -0.457 e. The Labute approximate surface area is 180 Å². The van der Waals surface area contributed by atoms with Crippen molar-refractivity contribution in [2.45, 2.75) is 104 Å². The number of rotatable bonds is 8. The number of carbonyl (C=O) groups excluding carboxylic acids is 1. The van der Waals surface area contributed by atoms with Gasteiger partial charge in [-0.2, -0.15) is 0 Å². The fourth-order valence-corrected chi connectivity index (χ4v) is 6.88. The summed E-state index contributed by atoms with van der Waals surface area (Å²) in [6, 6.07) is 3.47. The second-order valence-corrected chi connectivity index (χ2v) is 13.2. The maximum absolute atomic E-state index is 12.4. The average molecular weight is 419 g/mol. The number of hydrogen-bond donors (Lipinski definition) is 0. The van der Waals surface area contributed by atoms with Gasteiger partial charge in [0.1, 0.15) is 6.10 Å². The van der Waals surface area contributed by atoms with Gasteiger partial charge in [0.15, 0.2) is 8.32 Å². The minimum atomic E-state index is -1.64. The highest BCUT2D eigenvalue weighted by Gasteiger charge is 2.32. The highest BCUT2D eigenvalue weighted by molar-refractivity contribution is 6.73. The maximum atomic E-state index is 12.4. The molecule has 1 rings (SSSR count). The van der Waals surface area contributed by atoms with Crippen molar-refractivity contribution in [2.75, 3.05) is 0 Å². The maximum Gasteiger partial charge on any atom is 0.306 e. The summed E-state index contributed by atoms with van der Waals surface area (Å²) in [6.45, 7) is 15.3. The Kier molecular flexibility index (Phi) is 11.6. The van der Waals surface area contributed by atoms with E-state index < -0.39 is 8.32 Å². The SMILES string of the molecule is CC[Si](CC)(CC)O[C@H](C)[C@@H](C)/C=C(\C)[C@@H]1OC(=O)CCCCC#C/C=C\[C@@H]1C. The Bertz CT molecular complexity index is 613. The topological polar surface area (TPSA) is 35.5 Å².